The predicted octanol–water partition coefficient (Wildman–Crippen LogP) is 2.26. The number of methoxy groups -OCH3 is 1. The van der Waals surface area contributed by atoms with Crippen molar-refractivity contribution in [3.8, 4) is 0 Å². The maximum Gasteiger partial charge on any atom is 0.0572 e. The van der Waals surface area contributed by atoms with Gasteiger partial charge in [-0.2, -0.15) is 0 Å². The molecule has 1 aliphatic heterocycles. The monoisotopic (exact) mass is 254 g/mol. The summed E-state index contributed by atoms with van der Waals surface area (Å²) in [5.41, 5.74) is 0. The highest BCUT2D eigenvalue weighted by atomic mass is 16.5. The van der Waals surface area contributed by atoms with Crippen LogP contribution in [0.3, 0.4) is 0 Å². The highest BCUT2D eigenvalue weighted by molar-refractivity contribution is 4.82. The number of ether oxygens (including phenoxy) is 1. The Hall–Kier alpha value is -0.120. The standard InChI is InChI=1S/C15H30N2O/c1-12(2)17-9-8-13(11-17)10-16-14-4-6-15(18-3)7-5-14/h12-16H,4-11H2,1-3H3. The van der Waals surface area contributed by atoms with Gasteiger partial charge in [0.25, 0.3) is 0 Å². The van der Waals surface area contributed by atoms with Crippen molar-refractivity contribution in [3.63, 3.8) is 0 Å². The van der Waals surface area contributed by atoms with E-state index >= 15 is 0 Å². The quantitative estimate of drug-likeness (QED) is 0.814. The number of likely N-dealkylation sites (tertiary alicyclic amines) is 1. The third kappa shape index (κ3) is 3.94. The first kappa shape index (κ1) is 14.3. The van der Waals surface area contributed by atoms with E-state index in [0.29, 0.717) is 12.1 Å². The van der Waals surface area contributed by atoms with Crippen molar-refractivity contribution < 1.29 is 4.74 Å². The second-order valence-corrected chi connectivity index (χ2v) is 6.36. The topological polar surface area (TPSA) is 24.5 Å². The SMILES string of the molecule is COC1CCC(NCC2CCN(C(C)C)C2)CC1. The summed E-state index contributed by atoms with van der Waals surface area (Å²) in [6, 6.07) is 1.46. The van der Waals surface area contributed by atoms with Gasteiger partial charge in [-0.3, -0.25) is 0 Å². The Bertz CT molecular complexity index is 237. The molecule has 106 valence electrons. The van der Waals surface area contributed by atoms with Crippen LogP contribution in [0.2, 0.25) is 0 Å². The number of nitrogens with zero attached hydrogens (tertiary/aromatic N) is 1. The fourth-order valence-corrected chi connectivity index (χ4v) is 3.33. The lowest BCUT2D eigenvalue weighted by Crippen LogP contribution is -2.38. The van der Waals surface area contributed by atoms with Gasteiger partial charge in [0.15, 0.2) is 0 Å². The molecule has 0 aromatic carbocycles. The third-order valence-corrected chi connectivity index (χ3v) is 4.75. The fourth-order valence-electron chi connectivity index (χ4n) is 3.33. The van der Waals surface area contributed by atoms with Crippen molar-refractivity contribution in [2.75, 3.05) is 26.7 Å². The summed E-state index contributed by atoms with van der Waals surface area (Å²) in [6.45, 7) is 8.41. The summed E-state index contributed by atoms with van der Waals surface area (Å²) in [5.74, 6) is 0.868. The molecular formula is C15H30N2O. The Kier molecular flexibility index (Phi) is 5.46. The maximum atomic E-state index is 5.42. The molecule has 1 saturated carbocycles. The van der Waals surface area contributed by atoms with Crippen molar-refractivity contribution in [2.45, 2.75) is 64.1 Å². The molecule has 3 heteroatoms. The number of rotatable bonds is 5. The Morgan fingerprint density at radius 3 is 2.44 bits per heavy atom. The zero-order valence-electron chi connectivity index (χ0n) is 12.3. The van der Waals surface area contributed by atoms with Gasteiger partial charge in [0, 0.05) is 25.7 Å². The van der Waals surface area contributed by atoms with Crippen LogP contribution in [0.1, 0.15) is 46.0 Å². The van der Waals surface area contributed by atoms with Crippen LogP contribution >= 0.6 is 0 Å². The van der Waals surface area contributed by atoms with E-state index < -0.39 is 0 Å². The molecule has 0 bridgehead atoms. The van der Waals surface area contributed by atoms with Crippen LogP contribution in [0.25, 0.3) is 0 Å². The van der Waals surface area contributed by atoms with E-state index in [1.165, 1.54) is 51.7 Å². The van der Waals surface area contributed by atoms with E-state index in [1.54, 1.807) is 0 Å². The first-order valence-electron chi connectivity index (χ1n) is 7.69. The van der Waals surface area contributed by atoms with Crippen molar-refractivity contribution in [1.29, 1.82) is 0 Å². The molecule has 18 heavy (non-hydrogen) atoms. The van der Waals surface area contributed by atoms with E-state index in [2.05, 4.69) is 24.1 Å². The van der Waals surface area contributed by atoms with Crippen LogP contribution in [0.15, 0.2) is 0 Å². The largest absolute Gasteiger partial charge is 0.381 e. The minimum Gasteiger partial charge on any atom is -0.381 e. The van der Waals surface area contributed by atoms with Crippen LogP contribution in [0, 0.1) is 5.92 Å². The Morgan fingerprint density at radius 2 is 1.89 bits per heavy atom. The Labute approximate surface area is 112 Å². The van der Waals surface area contributed by atoms with Gasteiger partial charge in [-0.25, -0.2) is 0 Å². The molecule has 0 amide bonds. The molecule has 1 heterocycles. The molecule has 1 unspecified atom stereocenters. The summed E-state index contributed by atoms with van der Waals surface area (Å²) in [5, 5.41) is 3.79. The predicted molar refractivity (Wildman–Crippen MR) is 75.9 cm³/mol. The lowest BCUT2D eigenvalue weighted by molar-refractivity contribution is 0.0621. The molecule has 2 rings (SSSR count). The van der Waals surface area contributed by atoms with Crippen LogP contribution in [-0.2, 0) is 4.74 Å². The van der Waals surface area contributed by atoms with E-state index in [9.17, 15) is 0 Å². The van der Waals surface area contributed by atoms with Crippen molar-refractivity contribution in [2.24, 2.45) is 5.92 Å². The van der Waals surface area contributed by atoms with Crippen LogP contribution in [-0.4, -0.2) is 49.8 Å². The van der Waals surface area contributed by atoms with Gasteiger partial charge in [0.2, 0.25) is 0 Å². The van der Waals surface area contributed by atoms with Crippen LogP contribution < -0.4 is 5.32 Å². The minimum absolute atomic E-state index is 0.519. The first-order valence-corrected chi connectivity index (χ1v) is 7.69. The maximum absolute atomic E-state index is 5.42. The zero-order valence-corrected chi connectivity index (χ0v) is 12.3. The second-order valence-electron chi connectivity index (χ2n) is 6.36. The molecule has 0 aromatic rings. The molecular weight excluding hydrogens is 224 g/mol. The van der Waals surface area contributed by atoms with Crippen LogP contribution in [0.4, 0.5) is 0 Å². The van der Waals surface area contributed by atoms with Crippen molar-refractivity contribution in [1.82, 2.24) is 10.2 Å². The van der Waals surface area contributed by atoms with E-state index in [4.69, 9.17) is 4.74 Å². The van der Waals surface area contributed by atoms with Crippen molar-refractivity contribution >= 4 is 0 Å². The third-order valence-electron chi connectivity index (χ3n) is 4.75. The highest BCUT2D eigenvalue weighted by Crippen LogP contribution is 2.22. The average Bonchev–Trinajstić information content (AvgIpc) is 2.86. The summed E-state index contributed by atoms with van der Waals surface area (Å²) >= 11 is 0. The molecule has 1 N–H and O–H groups in total. The van der Waals surface area contributed by atoms with Gasteiger partial charge >= 0.3 is 0 Å². The molecule has 0 radical (unpaired) electrons. The average molecular weight is 254 g/mol. The van der Waals surface area contributed by atoms with E-state index in [-0.39, 0.29) is 0 Å². The smallest absolute Gasteiger partial charge is 0.0572 e. The van der Waals surface area contributed by atoms with Crippen LogP contribution in [0.5, 0.6) is 0 Å². The minimum atomic E-state index is 0.519. The zero-order chi connectivity index (χ0) is 13.0. The molecule has 0 aromatic heterocycles. The first-order chi connectivity index (χ1) is 8.69. The molecule has 1 aliphatic carbocycles. The summed E-state index contributed by atoms with van der Waals surface area (Å²) in [7, 11) is 1.84. The van der Waals surface area contributed by atoms with Gasteiger partial charge in [-0.15, -0.1) is 0 Å². The molecule has 1 saturated heterocycles. The second kappa shape index (κ2) is 6.88. The number of hydrogen-bond donors (Lipinski definition) is 1. The van der Waals surface area contributed by atoms with Gasteiger partial charge in [0.1, 0.15) is 0 Å². The Morgan fingerprint density at radius 1 is 1.17 bits per heavy atom. The summed E-state index contributed by atoms with van der Waals surface area (Å²) in [6.07, 6.45) is 6.94. The summed E-state index contributed by atoms with van der Waals surface area (Å²) in [4.78, 5) is 2.61. The molecule has 1 atom stereocenters. The van der Waals surface area contributed by atoms with E-state index in [1.807, 2.05) is 7.11 Å². The van der Waals surface area contributed by atoms with Gasteiger partial charge in [0.05, 0.1) is 6.10 Å². The van der Waals surface area contributed by atoms with Gasteiger partial charge < -0.3 is 15.0 Å². The van der Waals surface area contributed by atoms with Crippen molar-refractivity contribution in [3.05, 3.63) is 0 Å². The highest BCUT2D eigenvalue weighted by Gasteiger charge is 2.26. The molecule has 3 nitrogen and oxygen atoms in total. The van der Waals surface area contributed by atoms with Gasteiger partial charge in [-0.05, 0) is 65.0 Å². The van der Waals surface area contributed by atoms with E-state index in [0.717, 1.165) is 12.0 Å². The van der Waals surface area contributed by atoms with Gasteiger partial charge in [-0.1, -0.05) is 0 Å². The molecule has 0 spiro atoms. The lowest BCUT2D eigenvalue weighted by atomic mass is 9.92. The number of nitrogens with one attached hydrogen (secondary N) is 1. The lowest BCUT2D eigenvalue weighted by Gasteiger charge is -2.29. The molecule has 2 fully saturated rings. The number of hydrogen-bond acceptors (Lipinski definition) is 3. The Balaban J connectivity index is 1.61. The summed E-state index contributed by atoms with van der Waals surface area (Å²) < 4.78 is 5.42. The normalized spacial score (nSPS) is 34.3. The molecule has 2 aliphatic rings. The fraction of sp³-hybridized carbons (Fsp3) is 1.00.